The maximum Gasteiger partial charge on any atom is 0.402 e. The summed E-state index contributed by atoms with van der Waals surface area (Å²) < 4.78 is 0. The summed E-state index contributed by atoms with van der Waals surface area (Å²) in [5.74, 6) is 0.544. The third kappa shape index (κ3) is 6.08. The summed E-state index contributed by atoms with van der Waals surface area (Å²) in [5.41, 5.74) is 11.4. The summed E-state index contributed by atoms with van der Waals surface area (Å²) in [6.07, 6.45) is 2.18. The van der Waals surface area contributed by atoms with E-state index in [4.69, 9.17) is 20.6 Å². The van der Waals surface area contributed by atoms with E-state index in [-0.39, 0.29) is 5.41 Å². The summed E-state index contributed by atoms with van der Waals surface area (Å²) in [6, 6.07) is 0.600. The number of fused-ring (bicyclic) bond motifs is 1. The van der Waals surface area contributed by atoms with Gasteiger partial charge in [0.1, 0.15) is 5.01 Å². The zero-order valence-electron chi connectivity index (χ0n) is 14.6. The highest BCUT2D eigenvalue weighted by Crippen LogP contribution is 2.44. The van der Waals surface area contributed by atoms with E-state index in [0.717, 1.165) is 18.0 Å². The standard InChI is InChI=1S/C15H27N3S.CH3NO2/c1-5-6-17-10-7-11(15(2,3)4)14-12(8-10)19-13(9-16)18-14;2-1(3)4/h10-11,17H,5-9,16H2,1-4H3;2H2,(H,3,4). The molecule has 1 aliphatic carbocycles. The second-order valence-electron chi connectivity index (χ2n) is 6.97. The van der Waals surface area contributed by atoms with Crippen molar-refractivity contribution in [3.05, 3.63) is 15.6 Å². The highest BCUT2D eigenvalue weighted by molar-refractivity contribution is 7.11. The van der Waals surface area contributed by atoms with Gasteiger partial charge >= 0.3 is 6.09 Å². The molecule has 0 aliphatic heterocycles. The van der Waals surface area contributed by atoms with Crippen LogP contribution in [0.15, 0.2) is 0 Å². The van der Waals surface area contributed by atoms with Gasteiger partial charge in [0.25, 0.3) is 0 Å². The number of nitrogens with one attached hydrogen (secondary N) is 1. The van der Waals surface area contributed by atoms with E-state index in [1.165, 1.54) is 23.4 Å². The first-order chi connectivity index (χ1) is 10.7. The molecule has 0 saturated carbocycles. The normalized spacial score (nSPS) is 20.4. The van der Waals surface area contributed by atoms with Gasteiger partial charge in [-0.3, -0.25) is 0 Å². The lowest BCUT2D eigenvalue weighted by Gasteiger charge is -2.37. The van der Waals surface area contributed by atoms with Crippen LogP contribution in [0.25, 0.3) is 0 Å². The lowest BCUT2D eigenvalue weighted by molar-refractivity contribution is 0.205. The second-order valence-corrected chi connectivity index (χ2v) is 8.14. The molecule has 0 spiro atoms. The molecule has 2 unspecified atom stereocenters. The molecule has 23 heavy (non-hydrogen) atoms. The number of carbonyl (C=O) groups is 1. The fourth-order valence-corrected chi connectivity index (χ4v) is 3.98. The average Bonchev–Trinajstić information content (AvgIpc) is 2.85. The van der Waals surface area contributed by atoms with Gasteiger partial charge in [-0.25, -0.2) is 9.78 Å². The van der Waals surface area contributed by atoms with Crippen molar-refractivity contribution in [1.82, 2.24) is 10.3 Å². The lowest BCUT2D eigenvalue weighted by Crippen LogP contribution is -2.39. The molecule has 6 nitrogen and oxygen atoms in total. The van der Waals surface area contributed by atoms with E-state index in [9.17, 15) is 0 Å². The van der Waals surface area contributed by atoms with E-state index < -0.39 is 6.09 Å². The molecule has 1 aliphatic rings. The van der Waals surface area contributed by atoms with Crippen LogP contribution in [0.1, 0.15) is 62.0 Å². The summed E-state index contributed by atoms with van der Waals surface area (Å²) in [4.78, 5) is 15.0. The van der Waals surface area contributed by atoms with E-state index in [1.807, 2.05) is 11.3 Å². The van der Waals surface area contributed by atoms with Crippen molar-refractivity contribution in [3.63, 3.8) is 0 Å². The molecule has 0 radical (unpaired) electrons. The van der Waals surface area contributed by atoms with Crippen LogP contribution >= 0.6 is 11.3 Å². The molecule has 0 saturated heterocycles. The number of aromatic nitrogens is 1. The Morgan fingerprint density at radius 1 is 1.48 bits per heavy atom. The van der Waals surface area contributed by atoms with Crippen LogP contribution in [-0.2, 0) is 13.0 Å². The van der Waals surface area contributed by atoms with Crippen molar-refractivity contribution in [2.24, 2.45) is 16.9 Å². The molecule has 7 heteroatoms. The Hall–Kier alpha value is -1.18. The number of nitrogens with zero attached hydrogens (tertiary/aromatic N) is 1. The van der Waals surface area contributed by atoms with Crippen molar-refractivity contribution in [2.75, 3.05) is 6.54 Å². The van der Waals surface area contributed by atoms with Crippen molar-refractivity contribution in [3.8, 4) is 0 Å². The monoisotopic (exact) mass is 342 g/mol. The van der Waals surface area contributed by atoms with Gasteiger partial charge in [-0.15, -0.1) is 11.3 Å². The summed E-state index contributed by atoms with van der Waals surface area (Å²) >= 11 is 1.82. The number of amides is 1. The van der Waals surface area contributed by atoms with Gasteiger partial charge in [0, 0.05) is 23.4 Å². The fraction of sp³-hybridized carbons (Fsp3) is 0.750. The Morgan fingerprint density at radius 3 is 2.57 bits per heavy atom. The summed E-state index contributed by atoms with van der Waals surface area (Å²) in [7, 11) is 0. The maximum atomic E-state index is 8.78. The molecule has 1 heterocycles. The molecule has 2 rings (SSSR count). The molecule has 132 valence electrons. The lowest BCUT2D eigenvalue weighted by atomic mass is 9.72. The summed E-state index contributed by atoms with van der Waals surface area (Å²) in [5, 5.41) is 12.0. The minimum Gasteiger partial charge on any atom is -0.465 e. The van der Waals surface area contributed by atoms with Gasteiger partial charge in [-0.05, 0) is 31.2 Å². The predicted octanol–water partition coefficient (Wildman–Crippen LogP) is 2.67. The minimum atomic E-state index is -1.33. The van der Waals surface area contributed by atoms with Crippen LogP contribution in [0.4, 0.5) is 4.79 Å². The molecule has 1 amide bonds. The maximum absolute atomic E-state index is 8.78. The van der Waals surface area contributed by atoms with Crippen LogP contribution in [0.3, 0.4) is 0 Å². The second kappa shape index (κ2) is 8.61. The molecule has 6 N–H and O–H groups in total. The summed E-state index contributed by atoms with van der Waals surface area (Å²) in [6.45, 7) is 10.9. The Bertz CT molecular complexity index is 507. The van der Waals surface area contributed by atoms with Gasteiger partial charge < -0.3 is 21.9 Å². The molecular weight excluding hydrogens is 312 g/mol. The first kappa shape index (κ1) is 19.9. The highest BCUT2D eigenvalue weighted by Gasteiger charge is 2.36. The van der Waals surface area contributed by atoms with Crippen LogP contribution in [0.2, 0.25) is 0 Å². The number of hydrogen-bond acceptors (Lipinski definition) is 5. The van der Waals surface area contributed by atoms with Gasteiger partial charge in [-0.2, -0.15) is 0 Å². The van der Waals surface area contributed by atoms with Crippen LogP contribution in [-0.4, -0.2) is 28.8 Å². The van der Waals surface area contributed by atoms with E-state index >= 15 is 0 Å². The molecule has 1 aromatic rings. The minimum absolute atomic E-state index is 0.265. The Balaban J connectivity index is 0.000000593. The zero-order valence-corrected chi connectivity index (χ0v) is 15.4. The number of rotatable bonds is 4. The van der Waals surface area contributed by atoms with Crippen LogP contribution < -0.4 is 16.8 Å². The third-order valence-electron chi connectivity index (χ3n) is 3.96. The third-order valence-corrected chi connectivity index (χ3v) is 5.07. The first-order valence-electron chi connectivity index (χ1n) is 8.09. The Kier molecular flexibility index (Phi) is 7.44. The topological polar surface area (TPSA) is 114 Å². The molecule has 2 atom stereocenters. The van der Waals surface area contributed by atoms with Crippen LogP contribution in [0.5, 0.6) is 0 Å². The average molecular weight is 343 g/mol. The van der Waals surface area contributed by atoms with E-state index in [1.54, 1.807) is 0 Å². The quantitative estimate of drug-likeness (QED) is 0.671. The molecule has 0 aromatic carbocycles. The van der Waals surface area contributed by atoms with Gasteiger partial charge in [-0.1, -0.05) is 27.7 Å². The van der Waals surface area contributed by atoms with Crippen molar-refractivity contribution in [1.29, 1.82) is 0 Å². The van der Waals surface area contributed by atoms with Gasteiger partial charge in [0.2, 0.25) is 0 Å². The molecule has 0 bridgehead atoms. The number of nitrogens with two attached hydrogens (primary N) is 2. The number of carboxylic acid groups (broad SMARTS) is 1. The fourth-order valence-electron chi connectivity index (χ4n) is 2.89. The molecule has 1 aromatic heterocycles. The SMILES string of the molecule is CCCNC1Cc2sc(CN)nc2C(C(C)(C)C)C1.NC(=O)O. The van der Waals surface area contributed by atoms with Crippen molar-refractivity contribution >= 4 is 17.4 Å². The largest absolute Gasteiger partial charge is 0.465 e. The number of thiazole rings is 1. The molecule has 0 fully saturated rings. The predicted molar refractivity (Wildman–Crippen MR) is 94.8 cm³/mol. The van der Waals surface area contributed by atoms with Gasteiger partial charge in [0.05, 0.1) is 5.69 Å². The Morgan fingerprint density at radius 2 is 2.09 bits per heavy atom. The van der Waals surface area contributed by atoms with Crippen molar-refractivity contribution in [2.45, 2.75) is 65.5 Å². The number of primary amides is 1. The van der Waals surface area contributed by atoms with E-state index in [2.05, 4.69) is 38.7 Å². The van der Waals surface area contributed by atoms with Crippen LogP contribution in [0, 0.1) is 5.41 Å². The zero-order chi connectivity index (χ0) is 17.6. The molecular formula is C16H30N4O2S. The number of hydrogen-bond donors (Lipinski definition) is 4. The first-order valence-corrected chi connectivity index (χ1v) is 8.91. The smallest absolute Gasteiger partial charge is 0.402 e. The van der Waals surface area contributed by atoms with Gasteiger partial charge in [0.15, 0.2) is 0 Å². The Labute approximate surface area is 142 Å². The van der Waals surface area contributed by atoms with Crippen molar-refractivity contribution < 1.29 is 9.90 Å². The van der Waals surface area contributed by atoms with E-state index in [0.29, 0.717) is 18.5 Å². The highest BCUT2D eigenvalue weighted by atomic mass is 32.1.